The van der Waals surface area contributed by atoms with Crippen molar-refractivity contribution in [1.29, 1.82) is 0 Å². The van der Waals surface area contributed by atoms with E-state index in [1.54, 1.807) is 41.5 Å². The Bertz CT molecular complexity index is 669. The van der Waals surface area contributed by atoms with Crippen molar-refractivity contribution in [1.82, 2.24) is 4.90 Å². The molecule has 0 saturated carbocycles. The Morgan fingerprint density at radius 3 is 2.08 bits per heavy atom. The summed E-state index contributed by atoms with van der Waals surface area (Å²) in [5, 5.41) is 0. The molecule has 0 aromatic heterocycles. The Morgan fingerprint density at radius 2 is 1.56 bits per heavy atom. The zero-order valence-electron chi connectivity index (χ0n) is 15.7. The van der Waals surface area contributed by atoms with E-state index in [-0.39, 0.29) is 6.54 Å². The summed E-state index contributed by atoms with van der Waals surface area (Å²) in [5.74, 6) is -0.0299. The van der Waals surface area contributed by atoms with Gasteiger partial charge in [0.1, 0.15) is 17.0 Å². The normalized spacial score (nSPS) is 17.9. The third-order valence-corrected chi connectivity index (χ3v) is 3.21. The first-order valence-corrected chi connectivity index (χ1v) is 8.33. The number of aliphatic imine (C=N–C) groups is 1. The number of ether oxygens (including phenoxy) is 2. The monoisotopic (exact) mass is 346 g/mol. The van der Waals surface area contributed by atoms with Crippen molar-refractivity contribution in [2.75, 3.05) is 6.54 Å². The van der Waals surface area contributed by atoms with E-state index in [0.717, 1.165) is 5.56 Å². The van der Waals surface area contributed by atoms with E-state index in [1.807, 2.05) is 30.3 Å². The Hall–Kier alpha value is -2.37. The number of carbonyl (C=O) groups is 2. The maximum atomic E-state index is 12.6. The maximum absolute atomic E-state index is 12.6. The molecule has 0 N–H and O–H groups in total. The van der Waals surface area contributed by atoms with Gasteiger partial charge in [-0.25, -0.2) is 9.59 Å². The zero-order valence-corrected chi connectivity index (χ0v) is 15.7. The number of amidine groups is 1. The summed E-state index contributed by atoms with van der Waals surface area (Å²) >= 11 is 0. The Labute approximate surface area is 148 Å². The first-order valence-electron chi connectivity index (χ1n) is 8.33. The lowest BCUT2D eigenvalue weighted by Crippen LogP contribution is -2.41. The van der Waals surface area contributed by atoms with E-state index in [2.05, 4.69) is 4.99 Å². The Kier molecular flexibility index (Phi) is 5.20. The minimum atomic E-state index is -0.762. The van der Waals surface area contributed by atoms with Crippen LogP contribution in [0.15, 0.2) is 35.3 Å². The summed E-state index contributed by atoms with van der Waals surface area (Å²) < 4.78 is 10.9. The van der Waals surface area contributed by atoms with Gasteiger partial charge < -0.3 is 9.47 Å². The highest BCUT2D eigenvalue weighted by Crippen LogP contribution is 2.21. The molecule has 1 unspecified atom stereocenters. The van der Waals surface area contributed by atoms with Crippen LogP contribution in [0.5, 0.6) is 0 Å². The molecule has 1 atom stereocenters. The molecule has 1 aliphatic heterocycles. The minimum Gasteiger partial charge on any atom is -0.458 e. The SMILES string of the molecule is CC(C)(C)OC(=O)C1CN(C(=O)OC(C)(C)C)C(c2ccccc2)=N1. The summed E-state index contributed by atoms with van der Waals surface area (Å²) in [6.45, 7) is 10.9. The summed E-state index contributed by atoms with van der Waals surface area (Å²) in [4.78, 5) is 30.8. The fourth-order valence-corrected chi connectivity index (χ4v) is 2.31. The van der Waals surface area contributed by atoms with Crippen LogP contribution in [0.25, 0.3) is 0 Å². The molecule has 1 aliphatic rings. The van der Waals surface area contributed by atoms with Gasteiger partial charge in [0, 0.05) is 5.56 Å². The third kappa shape index (κ3) is 5.31. The second kappa shape index (κ2) is 6.86. The van der Waals surface area contributed by atoms with Gasteiger partial charge in [0.15, 0.2) is 6.04 Å². The molecule has 0 saturated heterocycles. The number of hydrogen-bond donors (Lipinski definition) is 0. The van der Waals surface area contributed by atoms with E-state index in [9.17, 15) is 9.59 Å². The fraction of sp³-hybridized carbons (Fsp3) is 0.526. The van der Waals surface area contributed by atoms with Crippen LogP contribution in [0.1, 0.15) is 47.1 Å². The van der Waals surface area contributed by atoms with Gasteiger partial charge in [-0.3, -0.25) is 9.89 Å². The van der Waals surface area contributed by atoms with Gasteiger partial charge in [0.25, 0.3) is 0 Å². The van der Waals surface area contributed by atoms with Gasteiger partial charge in [-0.2, -0.15) is 0 Å². The summed E-state index contributed by atoms with van der Waals surface area (Å²) in [6.07, 6.45) is -0.527. The quantitative estimate of drug-likeness (QED) is 0.770. The number of rotatable bonds is 2. The summed E-state index contributed by atoms with van der Waals surface area (Å²) in [7, 11) is 0. The van der Waals surface area contributed by atoms with Crippen LogP contribution in [0.2, 0.25) is 0 Å². The highest BCUT2D eigenvalue weighted by Gasteiger charge is 2.38. The van der Waals surface area contributed by atoms with Crippen molar-refractivity contribution in [3.05, 3.63) is 35.9 Å². The predicted octanol–water partition coefficient (Wildman–Crippen LogP) is 3.39. The molecule has 136 valence electrons. The minimum absolute atomic E-state index is 0.105. The molecule has 0 radical (unpaired) electrons. The van der Waals surface area contributed by atoms with Crippen LogP contribution in [0.4, 0.5) is 4.79 Å². The number of carbonyl (C=O) groups excluding carboxylic acids is 2. The van der Waals surface area contributed by atoms with Crippen molar-refractivity contribution >= 4 is 17.9 Å². The van der Waals surface area contributed by atoms with Crippen molar-refractivity contribution < 1.29 is 19.1 Å². The van der Waals surface area contributed by atoms with Gasteiger partial charge in [0.05, 0.1) is 6.54 Å². The topological polar surface area (TPSA) is 68.2 Å². The molecule has 1 amide bonds. The highest BCUT2D eigenvalue weighted by molar-refractivity contribution is 6.09. The smallest absolute Gasteiger partial charge is 0.416 e. The number of esters is 1. The molecular formula is C19H26N2O4. The van der Waals surface area contributed by atoms with E-state index in [1.165, 1.54) is 4.90 Å². The molecular weight excluding hydrogens is 320 g/mol. The molecule has 0 fully saturated rings. The Balaban J connectivity index is 2.29. The molecule has 6 heteroatoms. The summed E-state index contributed by atoms with van der Waals surface area (Å²) in [6, 6.07) is 8.50. The van der Waals surface area contributed by atoms with Gasteiger partial charge in [-0.05, 0) is 41.5 Å². The van der Waals surface area contributed by atoms with Crippen molar-refractivity contribution in [2.45, 2.75) is 58.8 Å². The van der Waals surface area contributed by atoms with Gasteiger partial charge >= 0.3 is 12.1 Å². The average molecular weight is 346 g/mol. The molecule has 1 heterocycles. The second-order valence-corrected chi connectivity index (χ2v) is 7.96. The van der Waals surface area contributed by atoms with Crippen LogP contribution in [0.3, 0.4) is 0 Å². The highest BCUT2D eigenvalue weighted by atomic mass is 16.6. The maximum Gasteiger partial charge on any atom is 0.416 e. The van der Waals surface area contributed by atoms with Crippen LogP contribution in [0, 0.1) is 0 Å². The van der Waals surface area contributed by atoms with Crippen LogP contribution >= 0.6 is 0 Å². The number of amides is 1. The molecule has 0 spiro atoms. The van der Waals surface area contributed by atoms with E-state index in [0.29, 0.717) is 5.84 Å². The predicted molar refractivity (Wildman–Crippen MR) is 95.6 cm³/mol. The first kappa shape index (κ1) is 19.0. The average Bonchev–Trinajstić information content (AvgIpc) is 2.90. The first-order chi connectivity index (χ1) is 11.5. The molecule has 1 aromatic rings. The van der Waals surface area contributed by atoms with Crippen LogP contribution < -0.4 is 0 Å². The zero-order chi connectivity index (χ0) is 18.8. The molecule has 6 nitrogen and oxygen atoms in total. The van der Waals surface area contributed by atoms with Crippen molar-refractivity contribution in [3.63, 3.8) is 0 Å². The lowest BCUT2D eigenvalue weighted by molar-refractivity contribution is -0.156. The third-order valence-electron chi connectivity index (χ3n) is 3.21. The number of benzene rings is 1. The van der Waals surface area contributed by atoms with E-state index >= 15 is 0 Å². The van der Waals surface area contributed by atoms with Crippen LogP contribution in [-0.4, -0.2) is 46.6 Å². The lowest BCUT2D eigenvalue weighted by Gasteiger charge is -2.25. The standard InChI is InChI=1S/C19H26N2O4/c1-18(2,3)24-16(22)14-12-21(17(23)25-19(4,5)6)15(20-14)13-10-8-7-9-11-13/h7-11,14H,12H2,1-6H3. The molecule has 0 bridgehead atoms. The number of nitrogens with zero attached hydrogens (tertiary/aromatic N) is 2. The van der Waals surface area contributed by atoms with Gasteiger partial charge in [-0.15, -0.1) is 0 Å². The molecule has 25 heavy (non-hydrogen) atoms. The Morgan fingerprint density at radius 1 is 1.00 bits per heavy atom. The lowest BCUT2D eigenvalue weighted by atomic mass is 10.2. The largest absolute Gasteiger partial charge is 0.458 e. The fourth-order valence-electron chi connectivity index (χ4n) is 2.31. The number of hydrogen-bond acceptors (Lipinski definition) is 5. The molecule has 2 rings (SSSR count). The molecule has 0 aliphatic carbocycles. The van der Waals surface area contributed by atoms with E-state index in [4.69, 9.17) is 9.47 Å². The van der Waals surface area contributed by atoms with Gasteiger partial charge in [-0.1, -0.05) is 30.3 Å². The van der Waals surface area contributed by atoms with Crippen molar-refractivity contribution in [2.24, 2.45) is 4.99 Å². The second-order valence-electron chi connectivity index (χ2n) is 7.96. The summed E-state index contributed by atoms with van der Waals surface area (Å²) in [5.41, 5.74) is -0.499. The molecule has 1 aromatic carbocycles. The van der Waals surface area contributed by atoms with E-state index < -0.39 is 29.3 Å². The van der Waals surface area contributed by atoms with Gasteiger partial charge in [0.2, 0.25) is 0 Å². The van der Waals surface area contributed by atoms with Crippen LogP contribution in [-0.2, 0) is 14.3 Å². The van der Waals surface area contributed by atoms with Crippen molar-refractivity contribution in [3.8, 4) is 0 Å².